The summed E-state index contributed by atoms with van der Waals surface area (Å²) >= 11 is 2.13. The number of hydrogen-bond donors (Lipinski definition) is 3. The van der Waals surface area contributed by atoms with Crippen LogP contribution >= 0.6 is 22.7 Å². The second-order valence-electron chi connectivity index (χ2n) is 7.60. The summed E-state index contributed by atoms with van der Waals surface area (Å²) in [5.74, 6) is 0.289. The number of thiazole rings is 1. The van der Waals surface area contributed by atoms with E-state index in [1.54, 1.807) is 35.0 Å². The molecule has 4 rings (SSSR count). The number of H-pyrrole nitrogens is 1. The molecule has 0 unspecified atom stereocenters. The van der Waals surface area contributed by atoms with E-state index in [0.29, 0.717) is 35.0 Å². The first-order chi connectivity index (χ1) is 15.4. The molecule has 32 heavy (non-hydrogen) atoms. The number of carbonyl (C=O) groups is 1. The third-order valence-corrected chi connectivity index (χ3v) is 8.61. The van der Waals surface area contributed by atoms with E-state index in [4.69, 9.17) is 0 Å². The molecule has 7 nitrogen and oxygen atoms in total. The van der Waals surface area contributed by atoms with Crippen molar-refractivity contribution < 1.29 is 13.2 Å². The monoisotopic (exact) mass is 489 g/mol. The maximum Gasteiger partial charge on any atom is 0.304 e. The van der Waals surface area contributed by atoms with Gasteiger partial charge in [0.05, 0.1) is 11.4 Å². The van der Waals surface area contributed by atoms with Crippen molar-refractivity contribution in [2.24, 2.45) is 5.92 Å². The summed E-state index contributed by atoms with van der Waals surface area (Å²) in [5, 5.41) is 6.23. The quantitative estimate of drug-likeness (QED) is 0.385. The second kappa shape index (κ2) is 9.85. The number of allylic oxidation sites excluding steroid dienone is 2. The number of amides is 1. The summed E-state index contributed by atoms with van der Waals surface area (Å²) in [6, 6.07) is 8.12. The molecule has 1 aliphatic carbocycles. The zero-order valence-corrected chi connectivity index (χ0v) is 19.6. The fraction of sp³-hybridized carbons (Fsp3) is 0.273. The summed E-state index contributed by atoms with van der Waals surface area (Å²) in [4.78, 5) is 26.7. The second-order valence-corrected chi connectivity index (χ2v) is 11.3. The highest BCUT2D eigenvalue weighted by Gasteiger charge is 2.17. The number of benzene rings is 1. The summed E-state index contributed by atoms with van der Waals surface area (Å²) in [6.07, 6.45) is 8.86. The summed E-state index contributed by atoms with van der Waals surface area (Å²) < 4.78 is 28.1. The number of rotatable bonds is 8. The number of aromatic nitrogens is 1. The van der Waals surface area contributed by atoms with Crippen molar-refractivity contribution >= 4 is 50.0 Å². The highest BCUT2D eigenvalue weighted by Crippen LogP contribution is 2.29. The Labute approximate surface area is 194 Å². The Morgan fingerprint density at radius 2 is 2.03 bits per heavy atom. The minimum atomic E-state index is -3.75. The first-order valence-corrected chi connectivity index (χ1v) is 13.5. The number of nitrogens with one attached hydrogen (secondary N) is 3. The molecule has 0 bridgehead atoms. The fourth-order valence-corrected chi connectivity index (χ4v) is 6.24. The van der Waals surface area contributed by atoms with Gasteiger partial charge in [0.1, 0.15) is 4.21 Å². The molecule has 1 amide bonds. The van der Waals surface area contributed by atoms with E-state index < -0.39 is 10.0 Å². The molecule has 2 aromatic heterocycles. The van der Waals surface area contributed by atoms with Gasteiger partial charge in [-0.15, -0.1) is 11.3 Å². The summed E-state index contributed by atoms with van der Waals surface area (Å²) in [7, 11) is -3.75. The van der Waals surface area contributed by atoms with Crippen molar-refractivity contribution in [3.8, 4) is 11.3 Å². The van der Waals surface area contributed by atoms with Crippen LogP contribution in [0, 0.1) is 5.92 Å². The standard InChI is InChI=1S/C22H23N3O4S3/c26-20(9-8-15-5-2-1-3-6-15)23-17-11-16(19-14-31-22(27)24-19)12-18(13-17)25-32(28,29)21-7-4-10-30-21/h2,4-5,7,10-15,25H,1,3,6,8-9H2,(H,23,26)(H,24,27)/t15-/m1/s1. The van der Waals surface area contributed by atoms with Gasteiger partial charge < -0.3 is 10.3 Å². The molecule has 168 valence electrons. The number of aromatic amines is 1. The Morgan fingerprint density at radius 3 is 2.72 bits per heavy atom. The highest BCUT2D eigenvalue weighted by molar-refractivity contribution is 7.94. The SMILES string of the molecule is O=C(CC[C@@H]1C=CCCC1)Nc1cc(NS(=O)(=O)c2cccs2)cc(-c2csc(=O)[nH]2)c1. The molecule has 2 heterocycles. The molecule has 0 aliphatic heterocycles. The average Bonchev–Trinajstić information content (AvgIpc) is 3.45. The molecule has 1 aromatic carbocycles. The molecule has 3 N–H and O–H groups in total. The van der Waals surface area contributed by atoms with Crippen molar-refractivity contribution in [2.45, 2.75) is 36.3 Å². The molecule has 0 fully saturated rings. The fourth-order valence-electron chi connectivity index (χ4n) is 3.62. The molecule has 1 aliphatic rings. The predicted molar refractivity (Wildman–Crippen MR) is 130 cm³/mol. The van der Waals surface area contributed by atoms with E-state index in [9.17, 15) is 18.0 Å². The first-order valence-electron chi connectivity index (χ1n) is 10.3. The zero-order valence-electron chi connectivity index (χ0n) is 17.2. The van der Waals surface area contributed by atoms with Crippen LogP contribution < -0.4 is 14.9 Å². The molecule has 0 saturated heterocycles. The molecule has 3 aromatic rings. The van der Waals surface area contributed by atoms with Crippen LogP contribution in [0.25, 0.3) is 11.3 Å². The molecular formula is C22H23N3O4S3. The molecule has 0 spiro atoms. The van der Waals surface area contributed by atoms with Crippen LogP contribution in [0.5, 0.6) is 0 Å². The van der Waals surface area contributed by atoms with Crippen molar-refractivity contribution in [3.05, 3.63) is 62.9 Å². The van der Waals surface area contributed by atoms with Crippen molar-refractivity contribution in [3.63, 3.8) is 0 Å². The van der Waals surface area contributed by atoms with Crippen LogP contribution in [0.3, 0.4) is 0 Å². The van der Waals surface area contributed by atoms with Crippen LogP contribution in [0.15, 0.2) is 62.2 Å². The van der Waals surface area contributed by atoms with E-state index in [2.05, 4.69) is 27.2 Å². The van der Waals surface area contributed by atoms with E-state index in [0.717, 1.165) is 48.4 Å². The number of carbonyl (C=O) groups excluding carboxylic acids is 1. The van der Waals surface area contributed by atoms with Crippen molar-refractivity contribution in [1.82, 2.24) is 4.98 Å². The van der Waals surface area contributed by atoms with Gasteiger partial charge >= 0.3 is 4.87 Å². The van der Waals surface area contributed by atoms with Crippen LogP contribution in [0.4, 0.5) is 11.4 Å². The van der Waals surface area contributed by atoms with E-state index in [1.165, 1.54) is 6.07 Å². The Hall–Kier alpha value is -2.69. The minimum absolute atomic E-state index is 0.132. The van der Waals surface area contributed by atoms with Gasteiger partial charge in [-0.25, -0.2) is 8.42 Å². The lowest BCUT2D eigenvalue weighted by Crippen LogP contribution is -2.15. The van der Waals surface area contributed by atoms with Gasteiger partial charge in [-0.2, -0.15) is 0 Å². The Kier molecular flexibility index (Phi) is 6.92. The molecular weight excluding hydrogens is 466 g/mol. The minimum Gasteiger partial charge on any atom is -0.326 e. The van der Waals surface area contributed by atoms with Gasteiger partial charge in [-0.05, 0) is 61.2 Å². The number of sulfonamides is 1. The van der Waals surface area contributed by atoms with Gasteiger partial charge in [0.25, 0.3) is 10.0 Å². The summed E-state index contributed by atoms with van der Waals surface area (Å²) in [6.45, 7) is 0. The van der Waals surface area contributed by atoms with Crippen molar-refractivity contribution in [2.75, 3.05) is 10.0 Å². The lowest BCUT2D eigenvalue weighted by atomic mass is 9.92. The van der Waals surface area contributed by atoms with Crippen LogP contribution in [-0.2, 0) is 14.8 Å². The number of thiophene rings is 1. The third-order valence-electron chi connectivity index (χ3n) is 5.16. The lowest BCUT2D eigenvalue weighted by molar-refractivity contribution is -0.116. The van der Waals surface area contributed by atoms with E-state index >= 15 is 0 Å². The van der Waals surface area contributed by atoms with Gasteiger partial charge in [0.15, 0.2) is 0 Å². The van der Waals surface area contributed by atoms with E-state index in [-0.39, 0.29) is 15.0 Å². The van der Waals surface area contributed by atoms with Crippen molar-refractivity contribution in [1.29, 1.82) is 0 Å². The smallest absolute Gasteiger partial charge is 0.304 e. The van der Waals surface area contributed by atoms with Crippen LogP contribution in [0.2, 0.25) is 0 Å². The largest absolute Gasteiger partial charge is 0.326 e. The Balaban J connectivity index is 1.56. The maximum atomic E-state index is 12.7. The number of hydrogen-bond acceptors (Lipinski definition) is 6. The summed E-state index contributed by atoms with van der Waals surface area (Å²) in [5.41, 5.74) is 1.91. The molecule has 10 heteroatoms. The maximum absolute atomic E-state index is 12.7. The predicted octanol–water partition coefficient (Wildman–Crippen LogP) is 5.04. The molecule has 1 atom stereocenters. The van der Waals surface area contributed by atoms with Gasteiger partial charge in [0, 0.05) is 23.1 Å². The van der Waals surface area contributed by atoms with Crippen LogP contribution in [-0.4, -0.2) is 19.3 Å². The topological polar surface area (TPSA) is 108 Å². The van der Waals surface area contributed by atoms with E-state index in [1.807, 2.05) is 0 Å². The normalized spacial score (nSPS) is 16.1. The average molecular weight is 490 g/mol. The van der Waals surface area contributed by atoms with Gasteiger partial charge in [-0.3, -0.25) is 14.3 Å². The Morgan fingerprint density at radius 1 is 1.19 bits per heavy atom. The first kappa shape index (κ1) is 22.5. The van der Waals surface area contributed by atoms with Gasteiger partial charge in [-0.1, -0.05) is 29.6 Å². The Bertz CT molecular complexity index is 1270. The number of anilines is 2. The van der Waals surface area contributed by atoms with Crippen LogP contribution in [0.1, 0.15) is 32.1 Å². The zero-order chi connectivity index (χ0) is 22.6. The third kappa shape index (κ3) is 5.76. The molecule has 0 saturated carbocycles. The lowest BCUT2D eigenvalue weighted by Gasteiger charge is -2.16. The van der Waals surface area contributed by atoms with Gasteiger partial charge in [0.2, 0.25) is 5.91 Å². The highest BCUT2D eigenvalue weighted by atomic mass is 32.2. The molecule has 0 radical (unpaired) electrons.